The Balaban J connectivity index is 1.09. The first-order valence-electron chi connectivity index (χ1n) is 19.7. The second-order valence-electron chi connectivity index (χ2n) is 14.8. The van der Waals surface area contributed by atoms with Gasteiger partial charge in [-0.3, -0.25) is 0 Å². The Hall–Kier alpha value is -7.42. The standard InChI is InChI=1S/C55H38N2/c1-2-3-5-18-42-35-39-30-34-53-55(54(39)48-23-12-14-25-51(48)56(42)40-16-6-4-7-17-40)49-24-13-15-26-52(49)57(53)41-31-27-37(28-32-41)38-29-33-47-45-21-9-8-19-43(45)44-20-10-11-22-46(44)50(47)36-38/h2-36H,1H3/b3-2-,18-5-. The normalized spacial score (nSPS) is 12.9. The minimum atomic E-state index is 1.11. The molecule has 0 bridgehead atoms. The third kappa shape index (κ3) is 5.26. The Bertz CT molecular complexity index is 3250. The maximum atomic E-state index is 2.44. The van der Waals surface area contributed by atoms with Crippen LogP contribution in [-0.2, 0) is 0 Å². The van der Waals surface area contributed by atoms with E-state index in [-0.39, 0.29) is 0 Å². The molecule has 1 aliphatic rings. The van der Waals surface area contributed by atoms with E-state index in [0.29, 0.717) is 0 Å². The topological polar surface area (TPSA) is 8.17 Å². The van der Waals surface area contributed by atoms with Crippen molar-refractivity contribution in [3.63, 3.8) is 0 Å². The summed E-state index contributed by atoms with van der Waals surface area (Å²) in [6.45, 7) is 2.05. The zero-order chi connectivity index (χ0) is 37.9. The molecule has 0 N–H and O–H groups in total. The molecule has 11 rings (SSSR count). The van der Waals surface area contributed by atoms with Crippen molar-refractivity contribution in [1.29, 1.82) is 0 Å². The maximum absolute atomic E-state index is 2.44. The van der Waals surface area contributed by atoms with Crippen molar-refractivity contribution in [2.24, 2.45) is 0 Å². The molecule has 0 amide bonds. The highest BCUT2D eigenvalue weighted by Gasteiger charge is 2.26. The lowest BCUT2D eigenvalue weighted by atomic mass is 9.92. The van der Waals surface area contributed by atoms with E-state index in [1.165, 1.54) is 81.9 Å². The molecule has 2 heterocycles. The summed E-state index contributed by atoms with van der Waals surface area (Å²) in [7, 11) is 0. The number of para-hydroxylation sites is 3. The molecule has 2 nitrogen and oxygen atoms in total. The Morgan fingerprint density at radius 3 is 1.79 bits per heavy atom. The van der Waals surface area contributed by atoms with Gasteiger partial charge in [-0.15, -0.1) is 0 Å². The van der Waals surface area contributed by atoms with Gasteiger partial charge in [0.1, 0.15) is 0 Å². The van der Waals surface area contributed by atoms with E-state index in [2.05, 4.69) is 229 Å². The van der Waals surface area contributed by atoms with Crippen molar-refractivity contribution in [3.8, 4) is 27.9 Å². The van der Waals surface area contributed by atoms with Crippen LogP contribution in [0.3, 0.4) is 0 Å². The number of hydrogen-bond acceptors (Lipinski definition) is 1. The summed E-state index contributed by atoms with van der Waals surface area (Å²) in [5, 5.41) is 10.3. The summed E-state index contributed by atoms with van der Waals surface area (Å²) in [5.74, 6) is 0. The van der Waals surface area contributed by atoms with Crippen LogP contribution in [0.1, 0.15) is 12.5 Å². The van der Waals surface area contributed by atoms with Crippen molar-refractivity contribution in [3.05, 3.63) is 218 Å². The van der Waals surface area contributed by atoms with E-state index in [9.17, 15) is 0 Å². The predicted octanol–water partition coefficient (Wildman–Crippen LogP) is 15.2. The van der Waals surface area contributed by atoms with Crippen molar-refractivity contribution in [2.45, 2.75) is 6.92 Å². The number of benzene rings is 9. The van der Waals surface area contributed by atoms with Gasteiger partial charge in [0, 0.05) is 39.0 Å². The highest BCUT2D eigenvalue weighted by Crippen LogP contribution is 2.48. The van der Waals surface area contributed by atoms with Gasteiger partial charge in [0.2, 0.25) is 0 Å². The van der Waals surface area contributed by atoms with Crippen molar-refractivity contribution < 1.29 is 0 Å². The lowest BCUT2D eigenvalue weighted by molar-refractivity contribution is 1.18. The average Bonchev–Trinajstić information content (AvgIpc) is 3.54. The molecule has 0 aliphatic carbocycles. The molecule has 2 heteroatoms. The second-order valence-corrected chi connectivity index (χ2v) is 14.8. The van der Waals surface area contributed by atoms with Gasteiger partial charge in [0.05, 0.1) is 16.7 Å². The predicted molar refractivity (Wildman–Crippen MR) is 245 cm³/mol. The van der Waals surface area contributed by atoms with E-state index < -0.39 is 0 Å². The number of allylic oxidation sites excluding steroid dienone is 4. The molecule has 10 aromatic rings. The van der Waals surface area contributed by atoms with E-state index in [4.69, 9.17) is 0 Å². The van der Waals surface area contributed by atoms with E-state index in [0.717, 1.165) is 22.8 Å². The summed E-state index contributed by atoms with van der Waals surface area (Å²) < 4.78 is 2.44. The number of nitrogens with zero attached hydrogens (tertiary/aromatic N) is 2. The Labute approximate surface area is 332 Å². The van der Waals surface area contributed by atoms with Crippen molar-refractivity contribution >= 4 is 71.6 Å². The Morgan fingerprint density at radius 1 is 0.439 bits per heavy atom. The molecule has 1 aromatic heterocycles. The zero-order valence-corrected chi connectivity index (χ0v) is 31.6. The summed E-state index contributed by atoms with van der Waals surface area (Å²) in [6.07, 6.45) is 10.9. The molecular weight excluding hydrogens is 689 g/mol. The fourth-order valence-corrected chi connectivity index (χ4v) is 9.15. The third-order valence-corrected chi connectivity index (χ3v) is 11.6. The fourth-order valence-electron chi connectivity index (χ4n) is 9.15. The van der Waals surface area contributed by atoms with Crippen LogP contribution in [0, 0.1) is 0 Å². The van der Waals surface area contributed by atoms with E-state index in [1.807, 2.05) is 0 Å². The molecule has 0 unspecified atom stereocenters. The van der Waals surface area contributed by atoms with Gasteiger partial charge in [0.25, 0.3) is 0 Å². The molecule has 0 spiro atoms. The molecule has 0 fully saturated rings. The van der Waals surface area contributed by atoms with E-state index in [1.54, 1.807) is 0 Å². The molecule has 1 aliphatic heterocycles. The van der Waals surface area contributed by atoms with Crippen LogP contribution in [0.5, 0.6) is 0 Å². The summed E-state index contributed by atoms with van der Waals surface area (Å²) >= 11 is 0. The van der Waals surface area contributed by atoms with Crippen LogP contribution in [0.15, 0.2) is 212 Å². The van der Waals surface area contributed by atoms with Crippen LogP contribution in [0.4, 0.5) is 11.4 Å². The first-order valence-corrected chi connectivity index (χ1v) is 19.7. The van der Waals surface area contributed by atoms with Gasteiger partial charge < -0.3 is 9.47 Å². The van der Waals surface area contributed by atoms with Crippen LogP contribution < -0.4 is 4.90 Å². The minimum absolute atomic E-state index is 1.11. The number of anilines is 2. The third-order valence-electron chi connectivity index (χ3n) is 11.6. The SMILES string of the molecule is C/C=C\C=C/C1=Cc2ccc3c(c2-c2ccccc2N1c1ccccc1)c1ccccc1n3-c1ccc(-c2ccc3c4ccccc4c4ccccc4c3c2)cc1. The average molecular weight is 727 g/mol. The summed E-state index contributed by atoms with van der Waals surface area (Å²) in [5.41, 5.74) is 13.0. The number of aromatic nitrogens is 1. The molecule has 268 valence electrons. The van der Waals surface area contributed by atoms with Gasteiger partial charge >= 0.3 is 0 Å². The van der Waals surface area contributed by atoms with Crippen LogP contribution in [0.25, 0.3) is 88.1 Å². The number of hydrogen-bond donors (Lipinski definition) is 0. The van der Waals surface area contributed by atoms with Gasteiger partial charge in [-0.1, -0.05) is 152 Å². The van der Waals surface area contributed by atoms with Crippen molar-refractivity contribution in [1.82, 2.24) is 4.57 Å². The molecule has 57 heavy (non-hydrogen) atoms. The summed E-state index contributed by atoms with van der Waals surface area (Å²) in [6, 6.07) is 66.7. The van der Waals surface area contributed by atoms with Gasteiger partial charge in [-0.25, -0.2) is 0 Å². The van der Waals surface area contributed by atoms with Crippen LogP contribution in [-0.4, -0.2) is 4.57 Å². The molecule has 0 atom stereocenters. The lowest BCUT2D eigenvalue weighted by Gasteiger charge is -2.27. The maximum Gasteiger partial charge on any atom is 0.0547 e. The largest absolute Gasteiger partial charge is 0.310 e. The van der Waals surface area contributed by atoms with Crippen molar-refractivity contribution in [2.75, 3.05) is 4.90 Å². The second kappa shape index (κ2) is 13.4. The fraction of sp³-hybridized carbons (Fsp3) is 0.0182. The Kier molecular flexibility index (Phi) is 7.75. The summed E-state index contributed by atoms with van der Waals surface area (Å²) in [4.78, 5) is 2.39. The number of fused-ring (bicyclic) bond motifs is 13. The molecule has 0 radical (unpaired) electrons. The van der Waals surface area contributed by atoms with Gasteiger partial charge in [-0.05, 0) is 117 Å². The molecular formula is C55H38N2. The van der Waals surface area contributed by atoms with Crippen LogP contribution in [0.2, 0.25) is 0 Å². The molecule has 0 saturated heterocycles. The quantitative estimate of drug-likeness (QED) is 0.127. The first kappa shape index (κ1) is 33.0. The number of rotatable bonds is 5. The first-order chi connectivity index (χ1) is 28.3. The lowest BCUT2D eigenvalue weighted by Crippen LogP contribution is -2.14. The van der Waals surface area contributed by atoms with Gasteiger partial charge in [-0.2, -0.15) is 0 Å². The van der Waals surface area contributed by atoms with E-state index >= 15 is 0 Å². The Morgan fingerprint density at radius 2 is 1.05 bits per heavy atom. The molecule has 0 saturated carbocycles. The minimum Gasteiger partial charge on any atom is -0.310 e. The van der Waals surface area contributed by atoms with Crippen LogP contribution >= 0.6 is 0 Å². The van der Waals surface area contributed by atoms with Gasteiger partial charge in [0.15, 0.2) is 0 Å². The smallest absolute Gasteiger partial charge is 0.0547 e. The molecule has 9 aromatic carbocycles. The monoisotopic (exact) mass is 726 g/mol. The highest BCUT2D eigenvalue weighted by atomic mass is 15.2. The zero-order valence-electron chi connectivity index (χ0n) is 31.6. The highest BCUT2D eigenvalue weighted by molar-refractivity contribution is 6.26.